The minimum atomic E-state index is -1.28. The van der Waals surface area contributed by atoms with Crippen LogP contribution in [0.5, 0.6) is 5.75 Å². The average Bonchev–Trinajstić information content (AvgIpc) is 2.64. The molecule has 3 aromatic rings. The van der Waals surface area contributed by atoms with Crippen LogP contribution in [-0.2, 0) is 11.3 Å². The van der Waals surface area contributed by atoms with Gasteiger partial charge in [-0.05, 0) is 30.7 Å². The summed E-state index contributed by atoms with van der Waals surface area (Å²) in [6, 6.07) is 11.5. The maximum atomic E-state index is 12.6. The molecule has 27 heavy (non-hydrogen) atoms. The van der Waals surface area contributed by atoms with Gasteiger partial charge in [0.15, 0.2) is 5.69 Å². The van der Waals surface area contributed by atoms with Crippen molar-refractivity contribution in [1.29, 1.82) is 0 Å². The maximum absolute atomic E-state index is 12.6. The number of anilines is 1. The predicted octanol–water partition coefficient (Wildman–Crippen LogP) is 2.05. The molecule has 138 valence electrons. The molecule has 1 heterocycles. The van der Waals surface area contributed by atoms with Crippen molar-refractivity contribution in [2.24, 2.45) is 0 Å². The van der Waals surface area contributed by atoms with Crippen LogP contribution in [0.15, 0.2) is 47.3 Å². The molecule has 1 amide bonds. The second kappa shape index (κ2) is 7.28. The highest BCUT2D eigenvalue weighted by molar-refractivity contribution is 6.01. The quantitative estimate of drug-likeness (QED) is 0.714. The van der Waals surface area contributed by atoms with Gasteiger partial charge in [-0.2, -0.15) is 5.10 Å². The van der Waals surface area contributed by atoms with E-state index in [2.05, 4.69) is 10.4 Å². The fourth-order valence-corrected chi connectivity index (χ4v) is 2.75. The number of aromatic carboxylic acids is 1. The zero-order valence-electron chi connectivity index (χ0n) is 14.7. The third kappa shape index (κ3) is 3.64. The Morgan fingerprint density at radius 3 is 2.56 bits per heavy atom. The Hall–Kier alpha value is -3.68. The molecular formula is C19H17N3O5. The number of carbonyl (C=O) groups is 2. The molecule has 0 atom stereocenters. The Balaban J connectivity index is 1.96. The van der Waals surface area contributed by atoms with Crippen molar-refractivity contribution in [2.75, 3.05) is 12.4 Å². The summed E-state index contributed by atoms with van der Waals surface area (Å²) in [7, 11) is 1.48. The summed E-state index contributed by atoms with van der Waals surface area (Å²) in [5, 5.41) is 16.3. The van der Waals surface area contributed by atoms with Crippen molar-refractivity contribution in [2.45, 2.75) is 13.5 Å². The molecule has 0 aliphatic rings. The molecule has 3 rings (SSSR count). The molecule has 0 radical (unpaired) electrons. The lowest BCUT2D eigenvalue weighted by Gasteiger charge is -2.12. The average molecular weight is 367 g/mol. The van der Waals surface area contributed by atoms with Gasteiger partial charge in [0.1, 0.15) is 12.3 Å². The molecule has 0 aliphatic heterocycles. The monoisotopic (exact) mass is 367 g/mol. The number of nitrogens with zero attached hydrogens (tertiary/aromatic N) is 2. The van der Waals surface area contributed by atoms with Crippen LogP contribution in [0.4, 0.5) is 5.69 Å². The molecule has 0 bridgehead atoms. The fourth-order valence-electron chi connectivity index (χ4n) is 2.75. The summed E-state index contributed by atoms with van der Waals surface area (Å²) in [5.74, 6) is -1.33. The zero-order valence-corrected chi connectivity index (χ0v) is 14.7. The van der Waals surface area contributed by atoms with Gasteiger partial charge >= 0.3 is 5.97 Å². The number of carboxylic acid groups (broad SMARTS) is 1. The van der Waals surface area contributed by atoms with E-state index in [1.54, 1.807) is 24.3 Å². The molecule has 0 unspecified atom stereocenters. The zero-order chi connectivity index (χ0) is 19.6. The van der Waals surface area contributed by atoms with E-state index in [-0.39, 0.29) is 16.5 Å². The Morgan fingerprint density at radius 2 is 1.89 bits per heavy atom. The highest BCUT2D eigenvalue weighted by Gasteiger charge is 2.17. The Morgan fingerprint density at radius 1 is 1.19 bits per heavy atom. The first-order chi connectivity index (χ1) is 12.9. The number of fused-ring (bicyclic) bond motifs is 1. The first kappa shape index (κ1) is 18.1. The number of amides is 1. The van der Waals surface area contributed by atoms with Crippen LogP contribution < -0.4 is 15.6 Å². The first-order valence-electron chi connectivity index (χ1n) is 8.08. The molecule has 0 saturated heterocycles. The second-order valence-corrected chi connectivity index (χ2v) is 5.91. The summed E-state index contributed by atoms with van der Waals surface area (Å²) >= 11 is 0. The van der Waals surface area contributed by atoms with Crippen LogP contribution in [0, 0.1) is 6.92 Å². The van der Waals surface area contributed by atoms with E-state index in [9.17, 15) is 19.5 Å². The predicted molar refractivity (Wildman–Crippen MR) is 99.3 cm³/mol. The third-order valence-corrected chi connectivity index (χ3v) is 3.99. The lowest BCUT2D eigenvalue weighted by Crippen LogP contribution is -2.31. The minimum Gasteiger partial charge on any atom is -0.495 e. The van der Waals surface area contributed by atoms with Crippen molar-refractivity contribution in [1.82, 2.24) is 9.78 Å². The minimum absolute atomic E-state index is 0.186. The number of aryl methyl sites for hydroxylation is 1. The van der Waals surface area contributed by atoms with Gasteiger partial charge < -0.3 is 15.2 Å². The number of hydrogen-bond acceptors (Lipinski definition) is 5. The van der Waals surface area contributed by atoms with E-state index in [1.807, 2.05) is 13.0 Å². The topological polar surface area (TPSA) is 111 Å². The molecule has 0 spiro atoms. The normalized spacial score (nSPS) is 10.6. The third-order valence-electron chi connectivity index (χ3n) is 3.99. The smallest absolute Gasteiger partial charge is 0.357 e. The van der Waals surface area contributed by atoms with Crippen LogP contribution in [-0.4, -0.2) is 33.9 Å². The van der Waals surface area contributed by atoms with E-state index >= 15 is 0 Å². The number of carbonyl (C=O) groups excluding carboxylic acids is 1. The number of methoxy groups -OCH3 is 1. The van der Waals surface area contributed by atoms with Gasteiger partial charge in [-0.1, -0.05) is 24.3 Å². The first-order valence-corrected chi connectivity index (χ1v) is 8.08. The van der Waals surface area contributed by atoms with Crippen LogP contribution in [0.2, 0.25) is 0 Å². The number of benzene rings is 2. The van der Waals surface area contributed by atoms with Crippen molar-refractivity contribution in [3.05, 3.63) is 64.1 Å². The summed E-state index contributed by atoms with van der Waals surface area (Å²) in [4.78, 5) is 36.5. The van der Waals surface area contributed by atoms with E-state index in [1.165, 1.54) is 19.2 Å². The van der Waals surface area contributed by atoms with Gasteiger partial charge in [0.05, 0.1) is 18.2 Å². The Labute approximate surface area is 154 Å². The van der Waals surface area contributed by atoms with E-state index in [0.717, 1.165) is 10.2 Å². The molecule has 8 nitrogen and oxygen atoms in total. The molecule has 8 heteroatoms. The maximum Gasteiger partial charge on any atom is 0.357 e. The van der Waals surface area contributed by atoms with Gasteiger partial charge in [0.2, 0.25) is 5.91 Å². The lowest BCUT2D eigenvalue weighted by atomic mass is 10.1. The molecule has 1 aromatic heterocycles. The van der Waals surface area contributed by atoms with Gasteiger partial charge in [0.25, 0.3) is 5.56 Å². The lowest BCUT2D eigenvalue weighted by molar-refractivity contribution is -0.117. The number of nitrogens with one attached hydrogen (secondary N) is 1. The highest BCUT2D eigenvalue weighted by atomic mass is 16.5. The molecule has 0 fully saturated rings. The van der Waals surface area contributed by atoms with Crippen LogP contribution in [0.25, 0.3) is 10.8 Å². The number of hydrogen-bond donors (Lipinski definition) is 2. The molecule has 2 N–H and O–H groups in total. The van der Waals surface area contributed by atoms with Crippen molar-refractivity contribution < 1.29 is 19.4 Å². The second-order valence-electron chi connectivity index (χ2n) is 5.91. The van der Waals surface area contributed by atoms with Gasteiger partial charge in [-0.15, -0.1) is 0 Å². The van der Waals surface area contributed by atoms with Crippen molar-refractivity contribution in [3.8, 4) is 5.75 Å². The van der Waals surface area contributed by atoms with E-state index < -0.39 is 24.0 Å². The fraction of sp³-hybridized carbons (Fsp3) is 0.158. The number of aromatic nitrogens is 2. The Kier molecular flexibility index (Phi) is 4.89. The van der Waals surface area contributed by atoms with Crippen LogP contribution >= 0.6 is 0 Å². The summed E-state index contributed by atoms with van der Waals surface area (Å²) in [6.07, 6.45) is 0. The SMILES string of the molecule is COc1ccc(C)cc1NC(=O)Cn1nc(C(=O)O)c2ccccc2c1=O. The van der Waals surface area contributed by atoms with Crippen molar-refractivity contribution in [3.63, 3.8) is 0 Å². The van der Waals surface area contributed by atoms with Crippen LogP contribution in [0.1, 0.15) is 16.1 Å². The van der Waals surface area contributed by atoms with E-state index in [0.29, 0.717) is 11.4 Å². The van der Waals surface area contributed by atoms with Crippen LogP contribution in [0.3, 0.4) is 0 Å². The summed E-state index contributed by atoms with van der Waals surface area (Å²) in [5.41, 5.74) is 0.545. The Bertz CT molecular complexity index is 1100. The number of ether oxygens (including phenoxy) is 1. The van der Waals surface area contributed by atoms with E-state index in [4.69, 9.17) is 4.74 Å². The molecule has 2 aromatic carbocycles. The summed E-state index contributed by atoms with van der Waals surface area (Å²) < 4.78 is 6.06. The number of rotatable bonds is 5. The number of carboxylic acids is 1. The highest BCUT2D eigenvalue weighted by Crippen LogP contribution is 2.25. The standard InChI is InChI=1S/C19H17N3O5/c1-11-7-8-15(27-2)14(9-11)20-16(23)10-22-18(24)13-6-4-3-5-12(13)17(21-22)19(25)26/h3-9H,10H2,1-2H3,(H,20,23)(H,25,26). The van der Waals surface area contributed by atoms with Gasteiger partial charge in [-0.25, -0.2) is 9.48 Å². The van der Waals surface area contributed by atoms with Gasteiger partial charge in [-0.3, -0.25) is 9.59 Å². The molecule has 0 saturated carbocycles. The molecule has 0 aliphatic carbocycles. The summed E-state index contributed by atoms with van der Waals surface area (Å²) in [6.45, 7) is 1.44. The van der Waals surface area contributed by atoms with Gasteiger partial charge in [0, 0.05) is 5.39 Å². The molecular weight excluding hydrogens is 350 g/mol. The largest absolute Gasteiger partial charge is 0.495 e. The van der Waals surface area contributed by atoms with Crippen molar-refractivity contribution >= 4 is 28.3 Å².